The zero-order chi connectivity index (χ0) is 15.5. The number of benzene rings is 1. The van der Waals surface area contributed by atoms with Gasteiger partial charge in [0.25, 0.3) is 0 Å². The molecule has 2 heterocycles. The zero-order valence-electron chi connectivity index (χ0n) is 11.1. The van der Waals surface area contributed by atoms with Crippen molar-refractivity contribution < 1.29 is 8.76 Å². The van der Waals surface area contributed by atoms with Crippen molar-refractivity contribution in [1.82, 2.24) is 9.97 Å². The van der Waals surface area contributed by atoms with Crippen LogP contribution in [0.15, 0.2) is 52.9 Å². The molecule has 22 heavy (non-hydrogen) atoms. The minimum absolute atomic E-state index is 0.358. The third-order valence-electron chi connectivity index (χ3n) is 2.83. The van der Waals surface area contributed by atoms with Crippen molar-refractivity contribution in [3.8, 4) is 11.3 Å². The van der Waals surface area contributed by atoms with Crippen LogP contribution in [0.4, 0.5) is 10.8 Å². The summed E-state index contributed by atoms with van der Waals surface area (Å²) >= 11 is 5.37. The SMILES string of the molecule is O=S(O)c1ccc(Nc2nc(-c3ccnc(Cl)c3)cs2)cc1. The van der Waals surface area contributed by atoms with Gasteiger partial charge in [0.2, 0.25) is 0 Å². The monoisotopic (exact) mass is 351 g/mol. The standard InChI is InChI=1S/C14H10ClN3O2S2/c15-13-7-9(5-6-16-13)12-8-21-14(18-12)17-10-1-3-11(4-2-10)22(19)20/h1-8H,(H,17,18)(H,19,20). The largest absolute Gasteiger partial charge is 0.332 e. The highest BCUT2D eigenvalue weighted by molar-refractivity contribution is 7.79. The second-order valence-corrected chi connectivity index (χ2v) is 6.52. The van der Waals surface area contributed by atoms with Crippen molar-refractivity contribution in [3.63, 3.8) is 0 Å². The Labute approximate surface area is 138 Å². The Hall–Kier alpha value is -1.80. The predicted octanol–water partition coefficient (Wildman–Crippen LogP) is 4.18. The third kappa shape index (κ3) is 3.50. The third-order valence-corrected chi connectivity index (χ3v) is 4.47. The van der Waals surface area contributed by atoms with E-state index in [-0.39, 0.29) is 0 Å². The summed E-state index contributed by atoms with van der Waals surface area (Å²) in [5.74, 6) is 0. The van der Waals surface area contributed by atoms with Gasteiger partial charge in [-0.1, -0.05) is 11.6 Å². The van der Waals surface area contributed by atoms with Gasteiger partial charge in [0.1, 0.15) is 5.15 Å². The van der Waals surface area contributed by atoms with Gasteiger partial charge in [0.15, 0.2) is 16.2 Å². The van der Waals surface area contributed by atoms with Gasteiger partial charge >= 0.3 is 0 Å². The second kappa shape index (κ2) is 6.53. The molecule has 8 heteroatoms. The summed E-state index contributed by atoms with van der Waals surface area (Å²) in [6.07, 6.45) is 1.64. The fraction of sp³-hybridized carbons (Fsp3) is 0. The maximum Gasteiger partial charge on any atom is 0.187 e. The lowest BCUT2D eigenvalue weighted by Gasteiger charge is -2.03. The molecule has 2 aromatic heterocycles. The number of thiazole rings is 1. The predicted molar refractivity (Wildman–Crippen MR) is 89.1 cm³/mol. The highest BCUT2D eigenvalue weighted by atomic mass is 35.5. The van der Waals surface area contributed by atoms with Gasteiger partial charge in [-0.15, -0.1) is 11.3 Å². The molecule has 0 bridgehead atoms. The van der Waals surface area contributed by atoms with Crippen molar-refractivity contribution in [2.75, 3.05) is 5.32 Å². The van der Waals surface area contributed by atoms with E-state index in [0.717, 1.165) is 22.1 Å². The van der Waals surface area contributed by atoms with Gasteiger partial charge < -0.3 is 9.87 Å². The molecule has 1 aromatic carbocycles. The summed E-state index contributed by atoms with van der Waals surface area (Å²) in [7, 11) is 0. The van der Waals surface area contributed by atoms with E-state index in [2.05, 4.69) is 15.3 Å². The van der Waals surface area contributed by atoms with Crippen molar-refractivity contribution in [2.24, 2.45) is 0 Å². The lowest BCUT2D eigenvalue weighted by Crippen LogP contribution is -1.92. The molecular weight excluding hydrogens is 342 g/mol. The molecule has 0 aliphatic rings. The molecule has 0 saturated heterocycles. The van der Waals surface area contributed by atoms with Gasteiger partial charge in [-0.05, 0) is 36.4 Å². The lowest BCUT2D eigenvalue weighted by molar-refractivity contribution is 0.564. The van der Waals surface area contributed by atoms with Crippen LogP contribution >= 0.6 is 22.9 Å². The average molecular weight is 352 g/mol. The van der Waals surface area contributed by atoms with E-state index in [1.54, 1.807) is 36.5 Å². The summed E-state index contributed by atoms with van der Waals surface area (Å²) in [6.45, 7) is 0. The van der Waals surface area contributed by atoms with Crippen molar-refractivity contribution in [3.05, 3.63) is 53.1 Å². The Morgan fingerprint density at radius 3 is 2.68 bits per heavy atom. The quantitative estimate of drug-likeness (QED) is 0.544. The zero-order valence-corrected chi connectivity index (χ0v) is 13.5. The van der Waals surface area contributed by atoms with E-state index in [9.17, 15) is 4.21 Å². The minimum Gasteiger partial charge on any atom is -0.332 e. The van der Waals surface area contributed by atoms with Gasteiger partial charge in [0, 0.05) is 22.8 Å². The topological polar surface area (TPSA) is 75.1 Å². The van der Waals surface area contributed by atoms with Crippen LogP contribution in [-0.2, 0) is 11.1 Å². The summed E-state index contributed by atoms with van der Waals surface area (Å²) in [5.41, 5.74) is 2.50. The first-order valence-electron chi connectivity index (χ1n) is 6.17. The van der Waals surface area contributed by atoms with Crippen molar-refractivity contribution >= 4 is 44.8 Å². The van der Waals surface area contributed by atoms with Gasteiger partial charge in [-0.3, -0.25) is 0 Å². The van der Waals surface area contributed by atoms with Crippen LogP contribution in [0.5, 0.6) is 0 Å². The van der Waals surface area contributed by atoms with E-state index in [1.807, 2.05) is 11.4 Å². The molecule has 1 atom stereocenters. The Kier molecular flexibility index (Phi) is 4.49. The first kappa shape index (κ1) is 15.1. The number of nitrogens with zero attached hydrogens (tertiary/aromatic N) is 2. The number of rotatable bonds is 4. The van der Waals surface area contributed by atoms with E-state index in [1.165, 1.54) is 11.3 Å². The Morgan fingerprint density at radius 2 is 2.00 bits per heavy atom. The van der Waals surface area contributed by atoms with Crippen LogP contribution in [-0.4, -0.2) is 18.7 Å². The van der Waals surface area contributed by atoms with Gasteiger partial charge in [0.05, 0.1) is 10.6 Å². The first-order valence-corrected chi connectivity index (χ1v) is 8.53. The molecule has 1 unspecified atom stereocenters. The molecule has 112 valence electrons. The molecule has 0 fully saturated rings. The van der Waals surface area contributed by atoms with E-state index >= 15 is 0 Å². The number of halogens is 1. The minimum atomic E-state index is -1.97. The number of pyridine rings is 1. The molecule has 3 rings (SSSR count). The van der Waals surface area contributed by atoms with E-state index in [0.29, 0.717) is 10.0 Å². The first-order chi connectivity index (χ1) is 10.6. The van der Waals surface area contributed by atoms with Crippen LogP contribution in [0.2, 0.25) is 5.15 Å². The van der Waals surface area contributed by atoms with Gasteiger partial charge in [-0.25, -0.2) is 14.2 Å². The molecule has 0 spiro atoms. The molecule has 5 nitrogen and oxygen atoms in total. The summed E-state index contributed by atoms with van der Waals surface area (Å²) in [5, 5.41) is 6.22. The molecule has 0 amide bonds. The van der Waals surface area contributed by atoms with Crippen molar-refractivity contribution in [2.45, 2.75) is 4.90 Å². The Morgan fingerprint density at radius 1 is 1.23 bits per heavy atom. The lowest BCUT2D eigenvalue weighted by atomic mass is 10.2. The normalized spacial score (nSPS) is 12.1. The maximum atomic E-state index is 10.9. The van der Waals surface area contributed by atoms with Crippen LogP contribution in [0.1, 0.15) is 0 Å². The van der Waals surface area contributed by atoms with Crippen molar-refractivity contribution in [1.29, 1.82) is 0 Å². The molecule has 0 aliphatic heterocycles. The number of hydrogen-bond donors (Lipinski definition) is 2. The highest BCUT2D eigenvalue weighted by Crippen LogP contribution is 2.28. The Balaban J connectivity index is 1.78. The average Bonchev–Trinajstić information content (AvgIpc) is 2.96. The molecule has 2 N–H and O–H groups in total. The van der Waals surface area contributed by atoms with Crippen LogP contribution in [0.3, 0.4) is 0 Å². The molecule has 0 saturated carbocycles. The number of hydrogen-bond acceptors (Lipinski definition) is 5. The van der Waals surface area contributed by atoms with Gasteiger partial charge in [-0.2, -0.15) is 0 Å². The fourth-order valence-corrected chi connectivity index (χ4v) is 3.09. The van der Waals surface area contributed by atoms with E-state index < -0.39 is 11.1 Å². The summed E-state index contributed by atoms with van der Waals surface area (Å²) in [6, 6.07) is 10.2. The maximum absolute atomic E-state index is 10.9. The van der Waals surface area contributed by atoms with Crippen LogP contribution in [0, 0.1) is 0 Å². The second-order valence-electron chi connectivity index (χ2n) is 4.30. The molecule has 3 aromatic rings. The summed E-state index contributed by atoms with van der Waals surface area (Å²) in [4.78, 5) is 8.79. The van der Waals surface area contributed by atoms with Crippen LogP contribution in [0.25, 0.3) is 11.3 Å². The van der Waals surface area contributed by atoms with Crippen LogP contribution < -0.4 is 5.32 Å². The number of nitrogens with one attached hydrogen (secondary N) is 1. The number of aromatic nitrogens is 2. The highest BCUT2D eigenvalue weighted by Gasteiger charge is 2.06. The van der Waals surface area contributed by atoms with E-state index in [4.69, 9.17) is 16.2 Å². The fourth-order valence-electron chi connectivity index (χ4n) is 1.80. The Bertz CT molecular complexity index is 821. The summed E-state index contributed by atoms with van der Waals surface area (Å²) < 4.78 is 19.9. The molecule has 0 radical (unpaired) electrons. The smallest absolute Gasteiger partial charge is 0.187 e. The number of anilines is 2. The molecular formula is C14H10ClN3O2S2. The molecule has 0 aliphatic carbocycles.